The molecule has 0 radical (unpaired) electrons. The van der Waals surface area contributed by atoms with Crippen LogP contribution < -0.4 is 0 Å². The van der Waals surface area contributed by atoms with Crippen molar-refractivity contribution >= 4 is 16.6 Å². The minimum atomic E-state index is 0.143. The van der Waals surface area contributed by atoms with Crippen molar-refractivity contribution in [3.8, 4) is 0 Å². The van der Waals surface area contributed by atoms with Crippen LogP contribution in [0.3, 0.4) is 0 Å². The summed E-state index contributed by atoms with van der Waals surface area (Å²) in [6, 6.07) is 14.5. The molecule has 0 amide bonds. The second kappa shape index (κ2) is 6.01. The smallest absolute Gasteiger partial charge is 0.140 e. The van der Waals surface area contributed by atoms with Crippen molar-refractivity contribution in [2.45, 2.75) is 33.6 Å². The minimum absolute atomic E-state index is 0.143. The Morgan fingerprint density at radius 3 is 2.47 bits per heavy atom. The van der Waals surface area contributed by atoms with Crippen molar-refractivity contribution < 1.29 is 4.79 Å². The van der Waals surface area contributed by atoms with E-state index in [2.05, 4.69) is 45.0 Å². The van der Waals surface area contributed by atoms with E-state index in [-0.39, 0.29) is 5.92 Å². The zero-order valence-electron chi connectivity index (χ0n) is 12.0. The molecule has 2 aromatic carbocycles. The molecule has 2 unspecified atom stereocenters. The van der Waals surface area contributed by atoms with Crippen LogP contribution in [-0.4, -0.2) is 5.78 Å². The van der Waals surface area contributed by atoms with E-state index < -0.39 is 0 Å². The van der Waals surface area contributed by atoms with Crippen LogP contribution in [0.5, 0.6) is 0 Å². The average Bonchev–Trinajstić information content (AvgIpc) is 2.46. The second-order valence-corrected chi connectivity index (χ2v) is 5.46. The fourth-order valence-electron chi connectivity index (χ4n) is 2.47. The first-order valence-corrected chi connectivity index (χ1v) is 7.12. The van der Waals surface area contributed by atoms with Crippen LogP contribution in [0.2, 0.25) is 0 Å². The van der Waals surface area contributed by atoms with Gasteiger partial charge in [0.05, 0.1) is 0 Å². The number of hydrogen-bond donors (Lipinski definition) is 0. The highest BCUT2D eigenvalue weighted by molar-refractivity contribution is 5.91. The SMILES string of the molecule is CCC(C)C(C)C(=O)Cc1cccc2ccccc12. The number of fused-ring (bicyclic) bond motifs is 1. The van der Waals surface area contributed by atoms with E-state index >= 15 is 0 Å². The Balaban J connectivity index is 2.24. The van der Waals surface area contributed by atoms with E-state index in [0.717, 1.165) is 12.0 Å². The standard InChI is InChI=1S/C18H22O/c1-4-13(2)14(3)18(19)12-16-10-7-9-15-8-5-6-11-17(15)16/h5-11,13-14H,4,12H2,1-3H3. The summed E-state index contributed by atoms with van der Waals surface area (Å²) in [4.78, 5) is 12.4. The number of carbonyl (C=O) groups excluding carboxylic acids is 1. The molecule has 0 N–H and O–H groups in total. The van der Waals surface area contributed by atoms with Crippen LogP contribution in [0, 0.1) is 11.8 Å². The first-order chi connectivity index (χ1) is 9.13. The summed E-state index contributed by atoms with van der Waals surface area (Å²) in [5.74, 6) is 0.956. The molecule has 1 heteroatoms. The lowest BCUT2D eigenvalue weighted by Gasteiger charge is -2.17. The highest BCUT2D eigenvalue weighted by Gasteiger charge is 2.19. The zero-order valence-corrected chi connectivity index (χ0v) is 12.0. The van der Waals surface area contributed by atoms with Crippen molar-refractivity contribution in [2.75, 3.05) is 0 Å². The Kier molecular flexibility index (Phi) is 4.36. The van der Waals surface area contributed by atoms with Gasteiger partial charge in [0.1, 0.15) is 5.78 Å². The van der Waals surface area contributed by atoms with E-state index in [0.29, 0.717) is 18.1 Å². The van der Waals surface area contributed by atoms with Crippen LogP contribution in [0.15, 0.2) is 42.5 Å². The molecule has 2 atom stereocenters. The zero-order chi connectivity index (χ0) is 13.8. The van der Waals surface area contributed by atoms with Crippen molar-refractivity contribution in [3.63, 3.8) is 0 Å². The molecule has 100 valence electrons. The number of Topliss-reactive ketones (excluding diaryl/α,β-unsaturated/α-hetero) is 1. The summed E-state index contributed by atoms with van der Waals surface area (Å²) in [6.45, 7) is 6.36. The third kappa shape index (κ3) is 3.04. The molecule has 1 nitrogen and oxygen atoms in total. The first kappa shape index (κ1) is 13.8. The Morgan fingerprint density at radius 2 is 1.74 bits per heavy atom. The maximum absolute atomic E-state index is 12.4. The van der Waals surface area contributed by atoms with Crippen LogP contribution in [-0.2, 0) is 11.2 Å². The molecule has 0 aliphatic carbocycles. The van der Waals surface area contributed by atoms with Crippen molar-refractivity contribution in [1.82, 2.24) is 0 Å². The lowest BCUT2D eigenvalue weighted by atomic mass is 9.86. The molecule has 0 saturated carbocycles. The number of benzene rings is 2. The highest BCUT2D eigenvalue weighted by atomic mass is 16.1. The van der Waals surface area contributed by atoms with Gasteiger partial charge in [-0.25, -0.2) is 0 Å². The summed E-state index contributed by atoms with van der Waals surface area (Å²) in [5.41, 5.74) is 1.15. The number of ketones is 1. The van der Waals surface area contributed by atoms with Crippen molar-refractivity contribution in [2.24, 2.45) is 11.8 Å². The molecule has 0 fully saturated rings. The Labute approximate surface area is 115 Å². The van der Waals surface area contributed by atoms with Crippen LogP contribution in [0.1, 0.15) is 32.8 Å². The Bertz CT molecular complexity index is 565. The van der Waals surface area contributed by atoms with Gasteiger partial charge in [-0.15, -0.1) is 0 Å². The molecule has 0 spiro atoms. The number of hydrogen-bond acceptors (Lipinski definition) is 1. The molecule has 0 aromatic heterocycles. The highest BCUT2D eigenvalue weighted by Crippen LogP contribution is 2.22. The third-order valence-corrected chi connectivity index (χ3v) is 4.25. The lowest BCUT2D eigenvalue weighted by Crippen LogP contribution is -2.20. The molecule has 2 aromatic rings. The van der Waals surface area contributed by atoms with Gasteiger partial charge in [-0.2, -0.15) is 0 Å². The van der Waals surface area contributed by atoms with Crippen molar-refractivity contribution in [1.29, 1.82) is 0 Å². The maximum atomic E-state index is 12.4. The summed E-state index contributed by atoms with van der Waals surface area (Å²) < 4.78 is 0. The first-order valence-electron chi connectivity index (χ1n) is 7.12. The van der Waals surface area contributed by atoms with Gasteiger partial charge in [-0.05, 0) is 22.3 Å². The van der Waals surface area contributed by atoms with E-state index in [9.17, 15) is 4.79 Å². The average molecular weight is 254 g/mol. The molecular weight excluding hydrogens is 232 g/mol. The second-order valence-electron chi connectivity index (χ2n) is 5.46. The fraction of sp³-hybridized carbons (Fsp3) is 0.389. The molecule has 0 bridgehead atoms. The van der Waals surface area contributed by atoms with E-state index in [1.54, 1.807) is 0 Å². The summed E-state index contributed by atoms with van der Waals surface area (Å²) in [5, 5.41) is 2.42. The van der Waals surface area contributed by atoms with Crippen LogP contribution in [0.25, 0.3) is 10.8 Å². The summed E-state index contributed by atoms with van der Waals surface area (Å²) in [6.07, 6.45) is 1.61. The predicted molar refractivity (Wildman–Crippen MR) is 81.3 cm³/mol. The topological polar surface area (TPSA) is 17.1 Å². The Hall–Kier alpha value is -1.63. The quantitative estimate of drug-likeness (QED) is 0.760. The van der Waals surface area contributed by atoms with Gasteiger partial charge < -0.3 is 0 Å². The summed E-state index contributed by atoms with van der Waals surface area (Å²) >= 11 is 0. The fourth-order valence-corrected chi connectivity index (χ4v) is 2.47. The summed E-state index contributed by atoms with van der Waals surface area (Å²) in [7, 11) is 0. The van der Waals surface area contributed by atoms with Gasteiger partial charge in [0, 0.05) is 12.3 Å². The maximum Gasteiger partial charge on any atom is 0.140 e. The normalized spacial score (nSPS) is 14.3. The molecule has 19 heavy (non-hydrogen) atoms. The third-order valence-electron chi connectivity index (χ3n) is 4.25. The predicted octanol–water partition coefficient (Wildman–Crippen LogP) is 4.63. The lowest BCUT2D eigenvalue weighted by molar-refractivity contribution is -0.123. The van der Waals surface area contributed by atoms with E-state index in [4.69, 9.17) is 0 Å². The largest absolute Gasteiger partial charge is 0.299 e. The van der Waals surface area contributed by atoms with E-state index in [1.165, 1.54) is 10.8 Å². The molecule has 0 aliphatic rings. The van der Waals surface area contributed by atoms with E-state index in [1.807, 2.05) is 18.2 Å². The molecule has 0 saturated heterocycles. The number of rotatable bonds is 5. The van der Waals surface area contributed by atoms with Crippen LogP contribution >= 0.6 is 0 Å². The molecular formula is C18H22O. The Morgan fingerprint density at radius 1 is 1.05 bits per heavy atom. The molecule has 0 heterocycles. The van der Waals surface area contributed by atoms with Crippen LogP contribution in [0.4, 0.5) is 0 Å². The van der Waals surface area contributed by atoms with Gasteiger partial charge in [0.2, 0.25) is 0 Å². The monoisotopic (exact) mass is 254 g/mol. The van der Waals surface area contributed by atoms with Gasteiger partial charge >= 0.3 is 0 Å². The van der Waals surface area contributed by atoms with Crippen molar-refractivity contribution in [3.05, 3.63) is 48.0 Å². The van der Waals surface area contributed by atoms with Gasteiger partial charge in [-0.3, -0.25) is 4.79 Å². The minimum Gasteiger partial charge on any atom is -0.299 e. The van der Waals surface area contributed by atoms with Gasteiger partial charge in [0.25, 0.3) is 0 Å². The van der Waals surface area contributed by atoms with Gasteiger partial charge in [0.15, 0.2) is 0 Å². The molecule has 0 aliphatic heterocycles. The number of carbonyl (C=O) groups is 1. The van der Waals surface area contributed by atoms with Gasteiger partial charge in [-0.1, -0.05) is 69.7 Å². The molecule has 2 rings (SSSR count).